The Bertz CT molecular complexity index is 494. The van der Waals surface area contributed by atoms with Crippen molar-refractivity contribution in [1.29, 1.82) is 0 Å². The van der Waals surface area contributed by atoms with Crippen LogP contribution in [0.2, 0.25) is 0 Å². The highest BCUT2D eigenvalue weighted by Gasteiger charge is 2.52. The lowest BCUT2D eigenvalue weighted by Gasteiger charge is -2.22. The predicted octanol–water partition coefficient (Wildman–Crippen LogP) is 3.27. The summed E-state index contributed by atoms with van der Waals surface area (Å²) in [6, 6.07) is 6.04. The van der Waals surface area contributed by atoms with Gasteiger partial charge in [0.05, 0.1) is 0 Å². The van der Waals surface area contributed by atoms with Gasteiger partial charge >= 0.3 is 6.36 Å². The molecule has 3 nitrogen and oxygen atoms in total. The topological polar surface area (TPSA) is 26.6 Å². The molecule has 1 saturated heterocycles. The number of ether oxygens (including phenoxy) is 1. The summed E-state index contributed by atoms with van der Waals surface area (Å²) >= 11 is 0. The van der Waals surface area contributed by atoms with E-state index < -0.39 is 6.36 Å². The molecule has 1 aliphatic carbocycles. The van der Waals surface area contributed by atoms with Gasteiger partial charge in [0.2, 0.25) is 0 Å². The SMILES string of the molecule is CN1CC2C(C[N-]Cc3cccc(OC(F)(F)F)c3)C2C1. The minimum Gasteiger partial charge on any atom is -0.658 e. The van der Waals surface area contributed by atoms with Gasteiger partial charge in [-0.15, -0.1) is 26.3 Å². The molecule has 1 aliphatic heterocycles. The van der Waals surface area contributed by atoms with Gasteiger partial charge in [-0.2, -0.15) is 0 Å². The van der Waals surface area contributed by atoms with Crippen LogP contribution in [0.5, 0.6) is 5.75 Å². The van der Waals surface area contributed by atoms with Crippen LogP contribution in [0.25, 0.3) is 5.32 Å². The van der Waals surface area contributed by atoms with Crippen molar-refractivity contribution in [1.82, 2.24) is 4.90 Å². The zero-order chi connectivity index (χ0) is 15.0. The first-order valence-electron chi connectivity index (χ1n) is 7.09. The van der Waals surface area contributed by atoms with Crippen LogP contribution in [0.4, 0.5) is 13.2 Å². The Balaban J connectivity index is 1.45. The van der Waals surface area contributed by atoms with E-state index in [-0.39, 0.29) is 5.75 Å². The molecule has 2 atom stereocenters. The number of likely N-dealkylation sites (tertiary alicyclic amines) is 1. The second kappa shape index (κ2) is 5.50. The maximum atomic E-state index is 12.2. The van der Waals surface area contributed by atoms with E-state index >= 15 is 0 Å². The summed E-state index contributed by atoms with van der Waals surface area (Å²) in [5.41, 5.74) is 0.750. The van der Waals surface area contributed by atoms with Crippen LogP contribution in [-0.4, -0.2) is 37.9 Å². The van der Waals surface area contributed by atoms with E-state index in [1.807, 2.05) is 0 Å². The molecule has 3 rings (SSSR count). The van der Waals surface area contributed by atoms with Gasteiger partial charge < -0.3 is 15.0 Å². The van der Waals surface area contributed by atoms with Crippen LogP contribution in [0.15, 0.2) is 24.3 Å². The zero-order valence-electron chi connectivity index (χ0n) is 11.8. The average molecular weight is 299 g/mol. The van der Waals surface area contributed by atoms with Crippen molar-refractivity contribution in [3.8, 4) is 5.75 Å². The van der Waals surface area contributed by atoms with Crippen LogP contribution in [0, 0.1) is 17.8 Å². The first kappa shape index (κ1) is 14.7. The molecular weight excluding hydrogens is 281 g/mol. The van der Waals surface area contributed by atoms with Crippen LogP contribution in [-0.2, 0) is 6.54 Å². The van der Waals surface area contributed by atoms with Gasteiger partial charge in [0.1, 0.15) is 5.75 Å². The van der Waals surface area contributed by atoms with Gasteiger partial charge in [0.25, 0.3) is 0 Å². The summed E-state index contributed by atoms with van der Waals surface area (Å²) < 4.78 is 40.4. The number of hydrogen-bond donors (Lipinski definition) is 0. The molecule has 2 aliphatic rings. The highest BCUT2D eigenvalue weighted by molar-refractivity contribution is 5.30. The molecule has 0 aromatic heterocycles. The standard InChI is InChI=1S/C15H18F3N2O/c1-20-8-13-12(14(13)9-20)7-19-6-10-3-2-4-11(5-10)21-15(16,17)18/h2-5,12-14H,6-9H2,1H3/q-1. The number of nitrogens with zero attached hydrogens (tertiary/aromatic N) is 2. The smallest absolute Gasteiger partial charge is 0.573 e. The molecule has 0 radical (unpaired) electrons. The van der Waals surface area contributed by atoms with Crippen LogP contribution < -0.4 is 4.74 Å². The fourth-order valence-corrected chi connectivity index (χ4v) is 3.31. The van der Waals surface area contributed by atoms with E-state index in [2.05, 4.69) is 22.0 Å². The Kier molecular flexibility index (Phi) is 3.84. The van der Waals surface area contributed by atoms with Gasteiger partial charge in [-0.05, 0) is 31.0 Å². The van der Waals surface area contributed by atoms with Gasteiger partial charge in [-0.25, -0.2) is 0 Å². The van der Waals surface area contributed by atoms with E-state index in [1.54, 1.807) is 12.1 Å². The van der Waals surface area contributed by atoms with Crippen LogP contribution >= 0.6 is 0 Å². The second-order valence-electron chi connectivity index (χ2n) is 5.97. The number of hydrogen-bond acceptors (Lipinski definition) is 2. The van der Waals surface area contributed by atoms with E-state index in [1.165, 1.54) is 12.1 Å². The zero-order valence-corrected chi connectivity index (χ0v) is 11.8. The van der Waals surface area contributed by atoms with Crippen molar-refractivity contribution in [2.24, 2.45) is 17.8 Å². The molecule has 1 aromatic carbocycles. The lowest BCUT2D eigenvalue weighted by Crippen LogP contribution is -2.19. The van der Waals surface area contributed by atoms with E-state index in [0.717, 1.165) is 37.0 Å². The molecular formula is C15H18F3N2O-. The molecule has 0 bridgehead atoms. The van der Waals surface area contributed by atoms with Crippen molar-refractivity contribution in [2.75, 3.05) is 26.7 Å². The summed E-state index contributed by atoms with van der Waals surface area (Å²) in [6.07, 6.45) is -4.65. The fourth-order valence-electron chi connectivity index (χ4n) is 3.31. The van der Waals surface area contributed by atoms with Crippen molar-refractivity contribution in [3.63, 3.8) is 0 Å². The Hall–Kier alpha value is -1.27. The van der Waals surface area contributed by atoms with Crippen molar-refractivity contribution < 1.29 is 17.9 Å². The number of halogens is 3. The Labute approximate surface area is 122 Å². The maximum Gasteiger partial charge on any atom is 0.573 e. The molecule has 0 amide bonds. The molecule has 21 heavy (non-hydrogen) atoms. The second-order valence-corrected chi connectivity index (χ2v) is 5.97. The Morgan fingerprint density at radius 1 is 1.29 bits per heavy atom. The summed E-state index contributed by atoms with van der Waals surface area (Å²) in [4.78, 5) is 2.34. The van der Waals surface area contributed by atoms with Crippen LogP contribution in [0.3, 0.4) is 0 Å². The summed E-state index contributed by atoms with van der Waals surface area (Å²) in [6.45, 7) is 3.56. The van der Waals surface area contributed by atoms with E-state index in [0.29, 0.717) is 12.5 Å². The minimum atomic E-state index is -4.65. The van der Waals surface area contributed by atoms with Crippen molar-refractivity contribution in [2.45, 2.75) is 12.9 Å². The highest BCUT2D eigenvalue weighted by Crippen LogP contribution is 2.51. The lowest BCUT2D eigenvalue weighted by atomic mass is 10.2. The van der Waals surface area contributed by atoms with Gasteiger partial charge in [-0.3, -0.25) is 0 Å². The first-order valence-corrected chi connectivity index (χ1v) is 7.09. The molecule has 116 valence electrons. The third-order valence-corrected chi connectivity index (χ3v) is 4.32. The molecule has 0 N–H and O–H groups in total. The number of fused-ring (bicyclic) bond motifs is 1. The molecule has 2 fully saturated rings. The molecule has 0 spiro atoms. The molecule has 2 unspecified atom stereocenters. The normalized spacial score (nSPS) is 28.5. The summed E-state index contributed by atoms with van der Waals surface area (Å²) in [5.74, 6) is 2.05. The van der Waals surface area contributed by atoms with Crippen LogP contribution in [0.1, 0.15) is 5.56 Å². The first-order chi connectivity index (χ1) is 9.92. The third-order valence-electron chi connectivity index (χ3n) is 4.32. The molecule has 1 saturated carbocycles. The monoisotopic (exact) mass is 299 g/mol. The minimum absolute atomic E-state index is 0.180. The fraction of sp³-hybridized carbons (Fsp3) is 0.600. The summed E-state index contributed by atoms with van der Waals surface area (Å²) in [5, 5.41) is 4.49. The van der Waals surface area contributed by atoms with Gasteiger partial charge in [0, 0.05) is 13.1 Å². The lowest BCUT2D eigenvalue weighted by molar-refractivity contribution is -0.274. The Morgan fingerprint density at radius 2 is 2.00 bits per heavy atom. The number of alkyl halides is 3. The Morgan fingerprint density at radius 3 is 2.67 bits per heavy atom. The van der Waals surface area contributed by atoms with Gasteiger partial charge in [-0.1, -0.05) is 23.6 Å². The maximum absolute atomic E-state index is 12.2. The number of rotatable bonds is 5. The number of piperidine rings is 1. The third kappa shape index (κ3) is 3.68. The molecule has 1 aromatic rings. The summed E-state index contributed by atoms with van der Waals surface area (Å²) in [7, 11) is 2.13. The molecule has 1 heterocycles. The van der Waals surface area contributed by atoms with E-state index in [9.17, 15) is 13.2 Å². The quantitative estimate of drug-likeness (QED) is 0.834. The average Bonchev–Trinajstić information content (AvgIpc) is 2.84. The predicted molar refractivity (Wildman–Crippen MR) is 73.0 cm³/mol. The van der Waals surface area contributed by atoms with Crippen molar-refractivity contribution >= 4 is 0 Å². The molecule has 6 heteroatoms. The largest absolute Gasteiger partial charge is 0.658 e. The highest BCUT2D eigenvalue weighted by atomic mass is 19.4. The van der Waals surface area contributed by atoms with E-state index in [4.69, 9.17) is 0 Å². The number of benzene rings is 1. The van der Waals surface area contributed by atoms with Crippen molar-refractivity contribution in [3.05, 3.63) is 35.1 Å². The van der Waals surface area contributed by atoms with Gasteiger partial charge in [0.15, 0.2) is 0 Å².